The second-order valence-electron chi connectivity index (χ2n) is 8.80. The van der Waals surface area contributed by atoms with E-state index in [1.165, 1.54) is 19.3 Å². The predicted octanol–water partition coefficient (Wildman–Crippen LogP) is 6.58. The molecule has 1 aliphatic rings. The summed E-state index contributed by atoms with van der Waals surface area (Å²) in [5.41, 5.74) is 9.68. The highest BCUT2D eigenvalue weighted by Crippen LogP contribution is 2.56. The highest BCUT2D eigenvalue weighted by Gasteiger charge is 2.47. The van der Waals surface area contributed by atoms with E-state index in [2.05, 4.69) is 76.1 Å². The molecule has 0 aromatic rings. The largest absolute Gasteiger partial charge is 0.107 e. The second kappa shape index (κ2) is 6.55. The molecular weight excluding hydrogens is 300 g/mol. The highest BCUT2D eigenvalue weighted by molar-refractivity contribution is 6.89. The van der Waals surface area contributed by atoms with Crippen molar-refractivity contribution in [1.82, 2.24) is 0 Å². The Morgan fingerprint density at radius 1 is 0.667 bits per heavy atom. The van der Waals surface area contributed by atoms with E-state index in [4.69, 9.17) is 0 Å². The molecule has 1 aliphatic carbocycles. The standard InChI is InChI=1S/C18H36Si3/c1-10-19(4,5)16-13-14-17(20(6,7)11-2)18(15-16)21(8,9)12-3/h10-12,16-18H,1-3,13-15H2,4-9H3. The summed E-state index contributed by atoms with van der Waals surface area (Å²) in [6, 6.07) is 0. The van der Waals surface area contributed by atoms with Crippen molar-refractivity contribution in [3.8, 4) is 0 Å². The molecule has 1 rings (SSSR count). The van der Waals surface area contributed by atoms with Gasteiger partial charge in [0, 0.05) is 0 Å². The Bertz CT molecular complexity index is 407. The summed E-state index contributed by atoms with van der Waals surface area (Å²) >= 11 is 0. The maximum absolute atomic E-state index is 4.20. The Morgan fingerprint density at radius 3 is 1.52 bits per heavy atom. The first-order valence-electron chi connectivity index (χ1n) is 8.42. The molecule has 0 spiro atoms. The van der Waals surface area contributed by atoms with Crippen molar-refractivity contribution in [2.45, 2.75) is 75.2 Å². The van der Waals surface area contributed by atoms with Gasteiger partial charge in [0.15, 0.2) is 0 Å². The lowest BCUT2D eigenvalue weighted by Gasteiger charge is -2.50. The van der Waals surface area contributed by atoms with E-state index in [0.717, 1.165) is 16.6 Å². The van der Waals surface area contributed by atoms with E-state index in [1.54, 1.807) is 0 Å². The molecule has 3 heteroatoms. The average Bonchev–Trinajstić information content (AvgIpc) is 2.46. The molecule has 21 heavy (non-hydrogen) atoms. The van der Waals surface area contributed by atoms with Gasteiger partial charge in [-0.3, -0.25) is 0 Å². The first kappa shape index (κ1) is 18.9. The molecule has 1 fully saturated rings. The minimum atomic E-state index is -1.36. The number of hydrogen-bond donors (Lipinski definition) is 0. The molecule has 3 atom stereocenters. The zero-order valence-corrected chi connectivity index (χ0v) is 18.2. The van der Waals surface area contributed by atoms with Crippen LogP contribution in [0.1, 0.15) is 19.3 Å². The maximum atomic E-state index is 4.20. The molecule has 0 heterocycles. The normalized spacial score (nSPS) is 28.0. The summed E-state index contributed by atoms with van der Waals surface area (Å²) in [7, 11) is -3.95. The van der Waals surface area contributed by atoms with E-state index in [1.807, 2.05) is 0 Å². The molecule has 3 unspecified atom stereocenters. The molecule has 0 nitrogen and oxygen atoms in total. The third-order valence-corrected chi connectivity index (χ3v) is 17.7. The van der Waals surface area contributed by atoms with Gasteiger partial charge < -0.3 is 0 Å². The molecule has 0 amide bonds. The van der Waals surface area contributed by atoms with Crippen molar-refractivity contribution in [2.75, 3.05) is 0 Å². The Kier molecular flexibility index (Phi) is 5.90. The summed E-state index contributed by atoms with van der Waals surface area (Å²) < 4.78 is 0. The molecule has 0 saturated heterocycles. The van der Waals surface area contributed by atoms with Gasteiger partial charge in [0.2, 0.25) is 0 Å². The van der Waals surface area contributed by atoms with Gasteiger partial charge >= 0.3 is 0 Å². The van der Waals surface area contributed by atoms with Crippen LogP contribution in [0.3, 0.4) is 0 Å². The van der Waals surface area contributed by atoms with Crippen LogP contribution in [-0.4, -0.2) is 24.2 Å². The van der Waals surface area contributed by atoms with E-state index in [0.29, 0.717) is 0 Å². The van der Waals surface area contributed by atoms with Crippen molar-refractivity contribution < 1.29 is 0 Å². The molecule has 0 N–H and O–H groups in total. The summed E-state index contributed by atoms with van der Waals surface area (Å²) in [4.78, 5) is 0. The summed E-state index contributed by atoms with van der Waals surface area (Å²) in [5.74, 6) is 0. The van der Waals surface area contributed by atoms with Crippen molar-refractivity contribution >= 4 is 24.2 Å². The van der Waals surface area contributed by atoms with Crippen LogP contribution in [0.2, 0.25) is 55.9 Å². The lowest BCUT2D eigenvalue weighted by atomic mass is 9.98. The van der Waals surface area contributed by atoms with Gasteiger partial charge in [-0.2, -0.15) is 0 Å². The van der Waals surface area contributed by atoms with Gasteiger partial charge in [-0.1, -0.05) is 58.5 Å². The van der Waals surface area contributed by atoms with Crippen LogP contribution in [-0.2, 0) is 0 Å². The fraction of sp³-hybridized carbons (Fsp3) is 0.667. The van der Waals surface area contributed by atoms with Crippen LogP contribution >= 0.6 is 0 Å². The van der Waals surface area contributed by atoms with Crippen LogP contribution in [0.5, 0.6) is 0 Å². The quantitative estimate of drug-likeness (QED) is 0.480. The van der Waals surface area contributed by atoms with Crippen LogP contribution in [0.15, 0.2) is 36.8 Å². The van der Waals surface area contributed by atoms with Crippen LogP contribution < -0.4 is 0 Å². The first-order valence-corrected chi connectivity index (χ1v) is 17.9. The van der Waals surface area contributed by atoms with Crippen molar-refractivity contribution in [3.63, 3.8) is 0 Å². The van der Waals surface area contributed by atoms with Gasteiger partial charge in [0.25, 0.3) is 0 Å². The van der Waals surface area contributed by atoms with Crippen LogP contribution in [0, 0.1) is 0 Å². The molecule has 0 aromatic heterocycles. The smallest absolute Gasteiger partial charge is 0.0740 e. The predicted molar refractivity (Wildman–Crippen MR) is 108 cm³/mol. The number of rotatable bonds is 6. The topological polar surface area (TPSA) is 0 Å². The van der Waals surface area contributed by atoms with Gasteiger partial charge in [-0.25, -0.2) is 0 Å². The third kappa shape index (κ3) is 3.99. The Hall–Kier alpha value is -0.129. The second-order valence-corrected chi connectivity index (χ2v) is 23.3. The summed E-state index contributed by atoms with van der Waals surface area (Å²) in [6.45, 7) is 27.6. The molecule has 0 radical (unpaired) electrons. The van der Waals surface area contributed by atoms with Crippen molar-refractivity contribution in [1.29, 1.82) is 0 Å². The lowest BCUT2D eigenvalue weighted by molar-refractivity contribution is 0.475. The zero-order valence-electron chi connectivity index (χ0n) is 15.2. The summed E-state index contributed by atoms with van der Waals surface area (Å²) in [6.07, 6.45) is 4.25. The third-order valence-electron chi connectivity index (χ3n) is 6.39. The van der Waals surface area contributed by atoms with E-state index >= 15 is 0 Å². The molecule has 0 aromatic carbocycles. The van der Waals surface area contributed by atoms with Crippen LogP contribution in [0.25, 0.3) is 0 Å². The molecule has 120 valence electrons. The average molecular weight is 337 g/mol. The Morgan fingerprint density at radius 2 is 1.10 bits per heavy atom. The van der Waals surface area contributed by atoms with Crippen molar-refractivity contribution in [2.24, 2.45) is 0 Å². The van der Waals surface area contributed by atoms with Gasteiger partial charge in [-0.15, -0.1) is 36.8 Å². The fourth-order valence-electron chi connectivity index (χ4n) is 4.03. The highest BCUT2D eigenvalue weighted by atomic mass is 28.3. The SMILES string of the molecule is C=C[Si](C)(C)C1CCC([Si](C)(C)C=C)C([Si](C)(C)C=C)C1. The zero-order chi connectivity index (χ0) is 16.5. The monoisotopic (exact) mass is 336 g/mol. The summed E-state index contributed by atoms with van der Waals surface area (Å²) in [5, 5.41) is 0. The molecular formula is C18H36Si3. The van der Waals surface area contributed by atoms with Gasteiger partial charge in [0.05, 0.1) is 24.2 Å². The van der Waals surface area contributed by atoms with Gasteiger partial charge in [-0.05, 0) is 16.6 Å². The Balaban J connectivity index is 3.14. The van der Waals surface area contributed by atoms with E-state index < -0.39 is 24.2 Å². The Labute approximate surface area is 136 Å². The maximum Gasteiger partial charge on any atom is 0.0740 e. The van der Waals surface area contributed by atoms with E-state index in [9.17, 15) is 0 Å². The van der Waals surface area contributed by atoms with E-state index in [-0.39, 0.29) is 0 Å². The minimum absolute atomic E-state index is 0.889. The fourth-order valence-corrected chi connectivity index (χ4v) is 13.7. The minimum Gasteiger partial charge on any atom is -0.107 e. The van der Waals surface area contributed by atoms with Crippen molar-refractivity contribution in [3.05, 3.63) is 36.8 Å². The number of hydrogen-bond acceptors (Lipinski definition) is 0. The molecule has 0 aliphatic heterocycles. The van der Waals surface area contributed by atoms with Gasteiger partial charge in [0.1, 0.15) is 0 Å². The first-order chi connectivity index (χ1) is 9.51. The lowest BCUT2D eigenvalue weighted by Crippen LogP contribution is -2.47. The molecule has 1 saturated carbocycles. The molecule has 0 bridgehead atoms. The van der Waals surface area contributed by atoms with Crippen LogP contribution in [0.4, 0.5) is 0 Å².